The number of hydrogen-bond donors (Lipinski definition) is 1. The molecule has 2 aromatic rings. The summed E-state index contributed by atoms with van der Waals surface area (Å²) in [7, 11) is 0. The highest BCUT2D eigenvalue weighted by Gasteiger charge is 2.16. The number of nitro groups is 1. The molecule has 0 fully saturated rings. The second-order valence-corrected chi connectivity index (χ2v) is 5.71. The molecule has 0 heterocycles. The minimum absolute atomic E-state index is 0.130. The number of nitro benzene ring substituents is 1. The average Bonchev–Trinajstić information content (AvgIpc) is 2.43. The fraction of sp³-hybridized carbons (Fsp3) is 0. The summed E-state index contributed by atoms with van der Waals surface area (Å²) in [5.74, 6) is -0.976. The Hall–Kier alpha value is -1.80. The molecular weight excluding hydrogens is 411 g/mol. The van der Waals surface area contributed by atoms with Crippen LogP contribution in [0.1, 0.15) is 10.4 Å². The van der Waals surface area contributed by atoms with Crippen molar-refractivity contribution in [3.8, 4) is 0 Å². The maximum atomic E-state index is 13.1. The summed E-state index contributed by atoms with van der Waals surface area (Å²) in [6, 6.07) is 8.03. The van der Waals surface area contributed by atoms with Gasteiger partial charge in [0, 0.05) is 17.3 Å². The predicted octanol–water partition coefficient (Wildman–Crippen LogP) is 4.51. The van der Waals surface area contributed by atoms with Crippen molar-refractivity contribution >= 4 is 49.1 Å². The van der Waals surface area contributed by atoms with E-state index >= 15 is 0 Å². The Morgan fingerprint density at radius 2 is 1.86 bits per heavy atom. The Balaban J connectivity index is 2.26. The normalized spacial score (nSPS) is 10.2. The molecule has 0 saturated heterocycles. The standard InChI is InChI=1S/C13H7Br2FN2O3/c14-9-3-1-7(5-12(9)18(20)21)13(19)17-8-2-4-11(16)10(15)6-8/h1-6H,(H,17,19). The zero-order chi connectivity index (χ0) is 15.6. The second-order valence-electron chi connectivity index (χ2n) is 4.01. The van der Waals surface area contributed by atoms with Crippen LogP contribution in [-0.2, 0) is 0 Å². The van der Waals surface area contributed by atoms with Crippen LogP contribution >= 0.6 is 31.9 Å². The fourth-order valence-corrected chi connectivity index (χ4v) is 2.34. The third-order valence-corrected chi connectivity index (χ3v) is 3.86. The van der Waals surface area contributed by atoms with Crippen molar-refractivity contribution < 1.29 is 14.1 Å². The van der Waals surface area contributed by atoms with Gasteiger partial charge in [0.05, 0.1) is 13.9 Å². The summed E-state index contributed by atoms with van der Waals surface area (Å²) in [4.78, 5) is 22.3. The molecule has 0 spiro atoms. The lowest BCUT2D eigenvalue weighted by Crippen LogP contribution is -2.12. The smallest absolute Gasteiger partial charge is 0.284 e. The summed E-state index contributed by atoms with van der Waals surface area (Å²) in [6.07, 6.45) is 0. The van der Waals surface area contributed by atoms with Gasteiger partial charge in [0.25, 0.3) is 11.6 Å². The van der Waals surface area contributed by atoms with E-state index in [0.717, 1.165) is 6.07 Å². The van der Waals surface area contributed by atoms with E-state index in [1.165, 1.54) is 30.3 Å². The van der Waals surface area contributed by atoms with E-state index in [0.29, 0.717) is 5.69 Å². The summed E-state index contributed by atoms with van der Waals surface area (Å²) < 4.78 is 13.6. The molecule has 0 unspecified atom stereocenters. The molecule has 0 atom stereocenters. The molecule has 0 bridgehead atoms. The van der Waals surface area contributed by atoms with Crippen molar-refractivity contribution in [3.63, 3.8) is 0 Å². The molecule has 21 heavy (non-hydrogen) atoms. The van der Waals surface area contributed by atoms with E-state index in [-0.39, 0.29) is 20.2 Å². The van der Waals surface area contributed by atoms with Gasteiger partial charge in [0.1, 0.15) is 5.82 Å². The Kier molecular flexibility index (Phi) is 4.69. The van der Waals surface area contributed by atoms with Gasteiger partial charge in [-0.2, -0.15) is 0 Å². The fourth-order valence-electron chi connectivity index (χ4n) is 1.57. The van der Waals surface area contributed by atoms with E-state index in [4.69, 9.17) is 0 Å². The van der Waals surface area contributed by atoms with Crippen LogP contribution in [0.4, 0.5) is 15.8 Å². The van der Waals surface area contributed by atoms with E-state index < -0.39 is 16.6 Å². The molecule has 0 radical (unpaired) electrons. The first-order valence-corrected chi connectivity index (χ1v) is 7.17. The lowest BCUT2D eigenvalue weighted by atomic mass is 10.2. The van der Waals surface area contributed by atoms with Crippen LogP contribution in [0.15, 0.2) is 45.3 Å². The molecule has 8 heteroatoms. The first-order chi connectivity index (χ1) is 9.88. The Morgan fingerprint density at radius 1 is 1.14 bits per heavy atom. The van der Waals surface area contributed by atoms with Crippen molar-refractivity contribution in [2.45, 2.75) is 0 Å². The van der Waals surface area contributed by atoms with Crippen LogP contribution in [0.2, 0.25) is 0 Å². The second kappa shape index (κ2) is 6.31. The van der Waals surface area contributed by atoms with Crippen molar-refractivity contribution in [2.24, 2.45) is 0 Å². The molecule has 0 aliphatic heterocycles. The molecular formula is C13H7Br2FN2O3. The largest absolute Gasteiger partial charge is 0.322 e. The number of carbonyl (C=O) groups excluding carboxylic acids is 1. The highest BCUT2D eigenvalue weighted by atomic mass is 79.9. The summed E-state index contributed by atoms with van der Waals surface area (Å²) in [5.41, 5.74) is 0.298. The van der Waals surface area contributed by atoms with Gasteiger partial charge in [0.15, 0.2) is 0 Å². The molecule has 1 amide bonds. The molecule has 2 aromatic carbocycles. The van der Waals surface area contributed by atoms with Crippen LogP contribution in [-0.4, -0.2) is 10.8 Å². The summed E-state index contributed by atoms with van der Waals surface area (Å²) in [5, 5.41) is 13.4. The van der Waals surface area contributed by atoms with Crippen molar-refractivity contribution in [2.75, 3.05) is 5.32 Å². The van der Waals surface area contributed by atoms with Gasteiger partial charge in [-0.3, -0.25) is 14.9 Å². The maximum Gasteiger partial charge on any atom is 0.284 e. The van der Waals surface area contributed by atoms with Crippen LogP contribution in [0, 0.1) is 15.9 Å². The van der Waals surface area contributed by atoms with Crippen molar-refractivity contribution in [3.05, 3.63) is 66.8 Å². The molecule has 0 aliphatic carbocycles. The zero-order valence-corrected chi connectivity index (χ0v) is 13.4. The molecule has 2 rings (SSSR count). The number of halogens is 3. The quantitative estimate of drug-likeness (QED) is 0.589. The molecule has 5 nitrogen and oxygen atoms in total. The zero-order valence-electron chi connectivity index (χ0n) is 10.3. The van der Waals surface area contributed by atoms with Crippen LogP contribution in [0.25, 0.3) is 0 Å². The molecule has 1 N–H and O–H groups in total. The molecule has 0 saturated carbocycles. The average molecular weight is 418 g/mol. The van der Waals surface area contributed by atoms with Crippen LogP contribution in [0.3, 0.4) is 0 Å². The number of nitrogens with zero attached hydrogens (tertiary/aromatic N) is 1. The number of hydrogen-bond acceptors (Lipinski definition) is 3. The highest BCUT2D eigenvalue weighted by Crippen LogP contribution is 2.26. The number of benzene rings is 2. The van der Waals surface area contributed by atoms with Gasteiger partial charge in [-0.1, -0.05) is 0 Å². The third-order valence-electron chi connectivity index (χ3n) is 2.58. The van der Waals surface area contributed by atoms with E-state index in [2.05, 4.69) is 37.2 Å². The molecule has 108 valence electrons. The third kappa shape index (κ3) is 3.64. The number of anilines is 1. The molecule has 0 aromatic heterocycles. The van der Waals surface area contributed by atoms with Crippen molar-refractivity contribution in [1.82, 2.24) is 0 Å². The van der Waals surface area contributed by atoms with Gasteiger partial charge < -0.3 is 5.32 Å². The lowest BCUT2D eigenvalue weighted by Gasteiger charge is -2.06. The summed E-state index contributed by atoms with van der Waals surface area (Å²) >= 11 is 6.05. The Bertz CT molecular complexity index is 737. The number of amides is 1. The van der Waals surface area contributed by atoms with E-state index in [1.54, 1.807) is 0 Å². The first kappa shape index (κ1) is 15.6. The van der Waals surface area contributed by atoms with Gasteiger partial charge in [-0.25, -0.2) is 4.39 Å². The van der Waals surface area contributed by atoms with E-state index in [9.17, 15) is 19.3 Å². The van der Waals surface area contributed by atoms with Gasteiger partial charge >= 0.3 is 0 Å². The maximum absolute atomic E-state index is 13.1. The summed E-state index contributed by atoms with van der Waals surface area (Å²) in [6.45, 7) is 0. The number of nitrogens with one attached hydrogen (secondary N) is 1. The predicted molar refractivity (Wildman–Crippen MR) is 82.8 cm³/mol. The Labute approximate surface area is 135 Å². The topological polar surface area (TPSA) is 72.2 Å². The van der Waals surface area contributed by atoms with Crippen LogP contribution in [0.5, 0.6) is 0 Å². The minimum atomic E-state index is -0.588. The van der Waals surface area contributed by atoms with Crippen LogP contribution < -0.4 is 5.32 Å². The monoisotopic (exact) mass is 416 g/mol. The van der Waals surface area contributed by atoms with Gasteiger partial charge in [0.2, 0.25) is 0 Å². The first-order valence-electron chi connectivity index (χ1n) is 5.59. The SMILES string of the molecule is O=C(Nc1ccc(F)c(Br)c1)c1ccc(Br)c([N+](=O)[O-])c1. The van der Waals surface area contributed by atoms with Gasteiger partial charge in [-0.15, -0.1) is 0 Å². The number of rotatable bonds is 3. The Morgan fingerprint density at radius 3 is 2.48 bits per heavy atom. The highest BCUT2D eigenvalue weighted by molar-refractivity contribution is 9.10. The van der Waals surface area contributed by atoms with Crippen molar-refractivity contribution in [1.29, 1.82) is 0 Å². The van der Waals surface area contributed by atoms with E-state index in [1.807, 2.05) is 0 Å². The molecule has 0 aliphatic rings. The van der Waals surface area contributed by atoms with Gasteiger partial charge in [-0.05, 0) is 62.2 Å². The number of carbonyl (C=O) groups is 1. The minimum Gasteiger partial charge on any atom is -0.322 e. The lowest BCUT2D eigenvalue weighted by molar-refractivity contribution is -0.385.